The molecule has 0 atom stereocenters. The zero-order valence-electron chi connectivity index (χ0n) is 9.77. The minimum atomic E-state index is -4.60. The van der Waals surface area contributed by atoms with E-state index in [-0.39, 0.29) is 12.7 Å². The van der Waals surface area contributed by atoms with Crippen molar-refractivity contribution in [1.82, 2.24) is 9.78 Å². The van der Waals surface area contributed by atoms with E-state index in [9.17, 15) is 18.0 Å². The van der Waals surface area contributed by atoms with Crippen molar-refractivity contribution in [3.63, 3.8) is 0 Å². The van der Waals surface area contributed by atoms with Gasteiger partial charge in [-0.15, -0.1) is 0 Å². The van der Waals surface area contributed by atoms with Crippen LogP contribution in [0.15, 0.2) is 33.5 Å². The largest absolute Gasteiger partial charge is 0.449 e. The summed E-state index contributed by atoms with van der Waals surface area (Å²) in [6.07, 6.45) is -4.97. The first kappa shape index (κ1) is 13.2. The molecule has 0 unspecified atom stereocenters. The van der Waals surface area contributed by atoms with Crippen LogP contribution in [0.5, 0.6) is 6.08 Å². The molecule has 0 bridgehead atoms. The Morgan fingerprint density at radius 1 is 1.37 bits per heavy atom. The Morgan fingerprint density at radius 2 is 2.05 bits per heavy atom. The van der Waals surface area contributed by atoms with Crippen molar-refractivity contribution in [3.05, 3.63) is 40.4 Å². The number of alkyl halides is 3. The summed E-state index contributed by atoms with van der Waals surface area (Å²) < 4.78 is 48.4. The Morgan fingerprint density at radius 3 is 2.68 bits per heavy atom. The number of halogens is 3. The molecule has 1 heterocycles. The topological polar surface area (TPSA) is 57.3 Å². The van der Waals surface area contributed by atoms with Gasteiger partial charge in [-0.25, -0.2) is 4.79 Å². The van der Waals surface area contributed by atoms with Crippen LogP contribution < -0.4 is 10.5 Å². The molecule has 1 aromatic carbocycles. The van der Waals surface area contributed by atoms with Crippen LogP contribution in [-0.2, 0) is 6.18 Å². The van der Waals surface area contributed by atoms with Crippen molar-refractivity contribution in [1.29, 1.82) is 0 Å². The Hall–Kier alpha value is -2.25. The molecular formula is C11H9F3N2O3. The van der Waals surface area contributed by atoms with E-state index in [1.165, 1.54) is 12.1 Å². The minimum Gasteiger partial charge on any atom is -0.449 e. The quantitative estimate of drug-likeness (QED) is 0.861. The van der Waals surface area contributed by atoms with Crippen LogP contribution in [0.1, 0.15) is 12.5 Å². The average Bonchev–Trinajstić information content (AvgIpc) is 2.70. The van der Waals surface area contributed by atoms with Crippen molar-refractivity contribution >= 4 is 0 Å². The fourth-order valence-corrected chi connectivity index (χ4v) is 1.49. The maximum atomic E-state index is 12.8. The van der Waals surface area contributed by atoms with Gasteiger partial charge >= 0.3 is 18.0 Å². The first-order valence-corrected chi connectivity index (χ1v) is 5.33. The molecule has 0 saturated carbocycles. The van der Waals surface area contributed by atoms with Crippen molar-refractivity contribution in [3.8, 4) is 11.8 Å². The van der Waals surface area contributed by atoms with Crippen LogP contribution in [0.4, 0.5) is 13.2 Å². The van der Waals surface area contributed by atoms with Crippen LogP contribution in [-0.4, -0.2) is 16.4 Å². The van der Waals surface area contributed by atoms with E-state index in [2.05, 4.69) is 9.52 Å². The SMILES string of the molecule is CCOc1nn(-c2ccccc2C(F)(F)F)c(=O)o1. The van der Waals surface area contributed by atoms with E-state index in [0.717, 1.165) is 12.1 Å². The van der Waals surface area contributed by atoms with Gasteiger partial charge in [-0.05, 0) is 19.1 Å². The van der Waals surface area contributed by atoms with Gasteiger partial charge in [0.25, 0.3) is 0 Å². The highest BCUT2D eigenvalue weighted by molar-refractivity contribution is 5.41. The fourth-order valence-electron chi connectivity index (χ4n) is 1.49. The maximum absolute atomic E-state index is 12.8. The molecule has 0 fully saturated rings. The predicted octanol–water partition coefficient (Wildman–Crippen LogP) is 2.24. The molecule has 19 heavy (non-hydrogen) atoms. The van der Waals surface area contributed by atoms with E-state index in [1.807, 2.05) is 0 Å². The third-order valence-corrected chi connectivity index (χ3v) is 2.23. The summed E-state index contributed by atoms with van der Waals surface area (Å²) in [7, 11) is 0. The molecule has 0 N–H and O–H groups in total. The van der Waals surface area contributed by atoms with Crippen LogP contribution in [0.25, 0.3) is 5.69 Å². The van der Waals surface area contributed by atoms with E-state index >= 15 is 0 Å². The van der Waals surface area contributed by atoms with Gasteiger partial charge in [0.15, 0.2) is 0 Å². The highest BCUT2D eigenvalue weighted by atomic mass is 19.4. The Labute approximate surface area is 105 Å². The van der Waals surface area contributed by atoms with Gasteiger partial charge in [0.2, 0.25) is 0 Å². The molecule has 5 nitrogen and oxygen atoms in total. The molecule has 0 radical (unpaired) electrons. The summed E-state index contributed by atoms with van der Waals surface area (Å²) in [5.74, 6) is -1.04. The number of rotatable bonds is 3. The van der Waals surface area contributed by atoms with Gasteiger partial charge in [-0.2, -0.15) is 17.9 Å². The molecule has 0 spiro atoms. The molecule has 8 heteroatoms. The van der Waals surface area contributed by atoms with Gasteiger partial charge in [0.05, 0.1) is 17.9 Å². The number of ether oxygens (including phenoxy) is 1. The number of benzene rings is 1. The molecule has 2 aromatic rings. The van der Waals surface area contributed by atoms with Crippen LogP contribution in [0.2, 0.25) is 0 Å². The highest BCUT2D eigenvalue weighted by Crippen LogP contribution is 2.33. The summed E-state index contributed by atoms with van der Waals surface area (Å²) >= 11 is 0. The zero-order chi connectivity index (χ0) is 14.0. The van der Waals surface area contributed by atoms with E-state index < -0.39 is 23.2 Å². The molecular weight excluding hydrogens is 265 g/mol. The summed E-state index contributed by atoms with van der Waals surface area (Å²) in [4.78, 5) is 11.5. The molecule has 2 rings (SSSR count). The van der Waals surface area contributed by atoms with Crippen molar-refractivity contribution < 1.29 is 22.3 Å². The maximum Gasteiger partial charge on any atom is 0.444 e. The van der Waals surface area contributed by atoms with Crippen LogP contribution in [0.3, 0.4) is 0 Å². The highest BCUT2D eigenvalue weighted by Gasteiger charge is 2.34. The second-order valence-corrected chi connectivity index (χ2v) is 3.49. The molecule has 0 amide bonds. The number of para-hydroxylation sites is 1. The lowest BCUT2D eigenvalue weighted by atomic mass is 10.2. The monoisotopic (exact) mass is 274 g/mol. The molecule has 102 valence electrons. The number of aromatic nitrogens is 2. The van der Waals surface area contributed by atoms with Crippen molar-refractivity contribution in [2.45, 2.75) is 13.1 Å². The van der Waals surface area contributed by atoms with Crippen LogP contribution >= 0.6 is 0 Å². The summed E-state index contributed by atoms with van der Waals surface area (Å²) in [6, 6.07) is 4.58. The predicted molar refractivity (Wildman–Crippen MR) is 58.3 cm³/mol. The van der Waals surface area contributed by atoms with Gasteiger partial charge in [0.1, 0.15) is 0 Å². The van der Waals surface area contributed by atoms with Gasteiger partial charge in [-0.3, -0.25) is 0 Å². The lowest BCUT2D eigenvalue weighted by Gasteiger charge is -2.10. The molecule has 1 aromatic heterocycles. The number of nitrogens with zero attached hydrogens (tertiary/aromatic N) is 2. The van der Waals surface area contributed by atoms with Crippen LogP contribution in [0, 0.1) is 0 Å². The van der Waals surface area contributed by atoms with E-state index in [1.54, 1.807) is 6.92 Å². The molecule has 0 saturated heterocycles. The number of hydrogen-bond acceptors (Lipinski definition) is 4. The fraction of sp³-hybridized carbons (Fsp3) is 0.273. The van der Waals surface area contributed by atoms with Gasteiger partial charge in [-0.1, -0.05) is 17.2 Å². The second kappa shape index (κ2) is 4.79. The lowest BCUT2D eigenvalue weighted by Crippen LogP contribution is -2.18. The summed E-state index contributed by atoms with van der Waals surface area (Å²) in [5.41, 5.74) is -1.39. The first-order chi connectivity index (χ1) is 8.93. The third kappa shape index (κ3) is 2.61. The second-order valence-electron chi connectivity index (χ2n) is 3.49. The van der Waals surface area contributed by atoms with Crippen molar-refractivity contribution in [2.75, 3.05) is 6.61 Å². The normalized spacial score (nSPS) is 11.6. The smallest absolute Gasteiger partial charge is 0.444 e. The van der Waals surface area contributed by atoms with Crippen molar-refractivity contribution in [2.24, 2.45) is 0 Å². The molecule has 0 aliphatic carbocycles. The third-order valence-electron chi connectivity index (χ3n) is 2.23. The minimum absolute atomic E-state index is 0.181. The first-order valence-electron chi connectivity index (χ1n) is 5.33. The Balaban J connectivity index is 2.56. The molecule has 0 aliphatic rings. The molecule has 0 aliphatic heterocycles. The lowest BCUT2D eigenvalue weighted by molar-refractivity contribution is -0.137. The standard InChI is InChI=1S/C11H9F3N2O3/c1-2-18-9-15-16(10(17)19-9)8-6-4-3-5-7(8)11(12,13)14/h3-6H,2H2,1H3. The van der Waals surface area contributed by atoms with E-state index in [4.69, 9.17) is 4.74 Å². The average molecular weight is 274 g/mol. The summed E-state index contributed by atoms with van der Waals surface area (Å²) in [5, 5.41) is 3.56. The Kier molecular flexibility index (Phi) is 3.32. The van der Waals surface area contributed by atoms with E-state index in [0.29, 0.717) is 4.68 Å². The number of hydrogen-bond donors (Lipinski definition) is 0. The van der Waals surface area contributed by atoms with Gasteiger partial charge < -0.3 is 9.15 Å². The Bertz CT molecular complexity index is 631. The summed E-state index contributed by atoms with van der Waals surface area (Å²) in [6.45, 7) is 1.81. The van der Waals surface area contributed by atoms with Gasteiger partial charge in [0, 0.05) is 0 Å². The zero-order valence-corrected chi connectivity index (χ0v) is 9.77.